The number of rotatable bonds is 2. The van der Waals surface area contributed by atoms with Gasteiger partial charge in [-0.3, -0.25) is 5.43 Å². The third kappa shape index (κ3) is 2.33. The van der Waals surface area contributed by atoms with E-state index in [2.05, 4.69) is 10.4 Å². The van der Waals surface area contributed by atoms with Gasteiger partial charge in [0, 0.05) is 6.07 Å². The van der Waals surface area contributed by atoms with E-state index in [1.165, 1.54) is 25.3 Å². The Morgan fingerprint density at radius 3 is 2.86 bits per heavy atom. The molecule has 0 heterocycles. The lowest BCUT2D eigenvalue weighted by molar-refractivity contribution is 0.387. The smallest absolute Gasteiger partial charge is 0.208 e. The molecule has 0 saturated carbocycles. The van der Waals surface area contributed by atoms with E-state index in [-0.39, 0.29) is 11.7 Å². The van der Waals surface area contributed by atoms with Crippen molar-refractivity contribution in [1.29, 1.82) is 0 Å². The summed E-state index contributed by atoms with van der Waals surface area (Å²) in [5, 5.41) is 0. The van der Waals surface area contributed by atoms with Gasteiger partial charge >= 0.3 is 0 Å². The first kappa shape index (κ1) is 10.3. The van der Waals surface area contributed by atoms with Crippen LogP contribution in [0.1, 0.15) is 0 Å². The highest BCUT2D eigenvalue weighted by atomic mass is 19.1. The molecule has 0 aliphatic rings. The van der Waals surface area contributed by atoms with E-state index >= 15 is 0 Å². The molecule has 1 rings (SSSR count). The lowest BCUT2D eigenvalue weighted by Crippen LogP contribution is -2.36. The fourth-order valence-corrected chi connectivity index (χ4v) is 0.889. The number of aliphatic imine (C=N–C) groups is 1. The van der Waals surface area contributed by atoms with Gasteiger partial charge in [-0.1, -0.05) is 0 Å². The van der Waals surface area contributed by atoms with Gasteiger partial charge < -0.3 is 10.5 Å². The molecule has 0 spiro atoms. The molecular formula is C8H11FN4O. The van der Waals surface area contributed by atoms with Crippen molar-refractivity contribution in [2.75, 3.05) is 7.11 Å². The number of benzene rings is 1. The first-order valence-electron chi connectivity index (χ1n) is 3.81. The van der Waals surface area contributed by atoms with Crippen molar-refractivity contribution < 1.29 is 9.13 Å². The third-order valence-corrected chi connectivity index (χ3v) is 1.53. The van der Waals surface area contributed by atoms with Crippen LogP contribution in [0.2, 0.25) is 0 Å². The molecule has 1 aromatic rings. The summed E-state index contributed by atoms with van der Waals surface area (Å²) in [4.78, 5) is 3.84. The molecule has 0 atom stereocenters. The molecule has 0 aliphatic heterocycles. The SMILES string of the molecule is COc1cc(N=C(N)NN)ccc1F. The highest BCUT2D eigenvalue weighted by molar-refractivity contribution is 5.80. The molecule has 0 aromatic heterocycles. The summed E-state index contributed by atoms with van der Waals surface area (Å²) in [6, 6.07) is 4.11. The minimum Gasteiger partial charge on any atom is -0.494 e. The minimum atomic E-state index is -0.453. The first-order chi connectivity index (χ1) is 6.67. The fraction of sp³-hybridized carbons (Fsp3) is 0.125. The minimum absolute atomic E-state index is 0.0404. The molecule has 14 heavy (non-hydrogen) atoms. The number of methoxy groups -OCH3 is 1. The highest BCUT2D eigenvalue weighted by Gasteiger charge is 2.02. The topological polar surface area (TPSA) is 85.7 Å². The number of hydrogen-bond acceptors (Lipinski definition) is 3. The first-order valence-corrected chi connectivity index (χ1v) is 3.81. The number of halogens is 1. The van der Waals surface area contributed by atoms with Crippen molar-refractivity contribution >= 4 is 11.6 Å². The zero-order valence-corrected chi connectivity index (χ0v) is 7.62. The van der Waals surface area contributed by atoms with E-state index in [0.717, 1.165) is 0 Å². The maximum Gasteiger partial charge on any atom is 0.208 e. The largest absolute Gasteiger partial charge is 0.494 e. The molecule has 1 aromatic carbocycles. The second-order valence-electron chi connectivity index (χ2n) is 2.46. The van der Waals surface area contributed by atoms with Gasteiger partial charge in [-0.15, -0.1) is 0 Å². The Hall–Kier alpha value is -1.82. The van der Waals surface area contributed by atoms with Gasteiger partial charge in [0.15, 0.2) is 11.6 Å². The normalized spacial score (nSPS) is 11.2. The van der Waals surface area contributed by atoms with Crippen molar-refractivity contribution in [2.45, 2.75) is 0 Å². The summed E-state index contributed by atoms with van der Waals surface area (Å²) in [6.45, 7) is 0. The molecule has 0 fully saturated rings. The summed E-state index contributed by atoms with van der Waals surface area (Å²) in [7, 11) is 1.37. The Labute approximate surface area is 80.5 Å². The number of nitrogens with zero attached hydrogens (tertiary/aromatic N) is 1. The molecule has 0 radical (unpaired) electrons. The van der Waals surface area contributed by atoms with Gasteiger partial charge in [-0.25, -0.2) is 15.2 Å². The second-order valence-corrected chi connectivity index (χ2v) is 2.46. The van der Waals surface area contributed by atoms with E-state index in [1.807, 2.05) is 0 Å². The molecular weight excluding hydrogens is 187 g/mol. The Morgan fingerprint density at radius 1 is 1.57 bits per heavy atom. The molecule has 0 saturated heterocycles. The average molecular weight is 198 g/mol. The van der Waals surface area contributed by atoms with E-state index in [4.69, 9.17) is 16.3 Å². The zero-order valence-electron chi connectivity index (χ0n) is 7.62. The molecule has 0 amide bonds. The second kappa shape index (κ2) is 4.43. The van der Waals surface area contributed by atoms with Crippen molar-refractivity contribution in [3.8, 4) is 5.75 Å². The Bertz CT molecular complexity index is 353. The number of ether oxygens (including phenoxy) is 1. The summed E-state index contributed by atoms with van der Waals surface area (Å²) in [5.74, 6) is 4.70. The zero-order chi connectivity index (χ0) is 10.6. The van der Waals surface area contributed by atoms with Crippen LogP contribution in [0, 0.1) is 5.82 Å². The van der Waals surface area contributed by atoms with E-state index < -0.39 is 5.82 Å². The van der Waals surface area contributed by atoms with Crippen molar-refractivity contribution in [3.05, 3.63) is 24.0 Å². The fourth-order valence-electron chi connectivity index (χ4n) is 0.889. The van der Waals surface area contributed by atoms with Crippen LogP contribution in [0.3, 0.4) is 0 Å². The van der Waals surface area contributed by atoms with Crippen LogP contribution in [-0.4, -0.2) is 13.1 Å². The Morgan fingerprint density at radius 2 is 2.29 bits per heavy atom. The van der Waals surface area contributed by atoms with Gasteiger partial charge in [0.05, 0.1) is 12.8 Å². The van der Waals surface area contributed by atoms with Gasteiger partial charge in [-0.05, 0) is 12.1 Å². The molecule has 76 valence electrons. The summed E-state index contributed by atoms with van der Waals surface area (Å²) in [5.41, 5.74) is 7.93. The van der Waals surface area contributed by atoms with Crippen LogP contribution in [0.15, 0.2) is 23.2 Å². The van der Waals surface area contributed by atoms with Crippen molar-refractivity contribution in [1.82, 2.24) is 5.43 Å². The maximum atomic E-state index is 12.9. The van der Waals surface area contributed by atoms with Crippen LogP contribution in [0.4, 0.5) is 10.1 Å². The quantitative estimate of drug-likeness (QED) is 0.275. The molecule has 0 bridgehead atoms. The van der Waals surface area contributed by atoms with Crippen molar-refractivity contribution in [3.63, 3.8) is 0 Å². The molecule has 5 N–H and O–H groups in total. The Balaban J connectivity index is 3.01. The number of nitrogens with one attached hydrogen (secondary N) is 1. The third-order valence-electron chi connectivity index (χ3n) is 1.53. The lowest BCUT2D eigenvalue weighted by Gasteiger charge is -2.03. The number of hydrazine groups is 1. The molecule has 0 aliphatic carbocycles. The van der Waals surface area contributed by atoms with Gasteiger partial charge in [0.2, 0.25) is 5.96 Å². The van der Waals surface area contributed by atoms with E-state index in [0.29, 0.717) is 5.69 Å². The highest BCUT2D eigenvalue weighted by Crippen LogP contribution is 2.23. The summed E-state index contributed by atoms with van der Waals surface area (Å²) >= 11 is 0. The maximum absolute atomic E-state index is 12.9. The van der Waals surface area contributed by atoms with Gasteiger partial charge in [0.25, 0.3) is 0 Å². The molecule has 5 nitrogen and oxygen atoms in total. The van der Waals surface area contributed by atoms with Crippen LogP contribution in [0.25, 0.3) is 0 Å². The van der Waals surface area contributed by atoms with Crippen LogP contribution < -0.4 is 21.7 Å². The monoisotopic (exact) mass is 198 g/mol. The number of guanidine groups is 1. The standard InChI is InChI=1S/C8H11FN4O/c1-14-7-4-5(2-3-6(7)9)12-8(10)13-11/h2-4H,11H2,1H3,(H3,10,12,13). The molecule has 0 unspecified atom stereocenters. The van der Waals surface area contributed by atoms with Crippen molar-refractivity contribution in [2.24, 2.45) is 16.6 Å². The predicted octanol–water partition coefficient (Wildman–Crippen LogP) is 0.244. The van der Waals surface area contributed by atoms with Gasteiger partial charge in [-0.2, -0.15) is 0 Å². The van der Waals surface area contributed by atoms with E-state index in [9.17, 15) is 4.39 Å². The Kier molecular flexibility index (Phi) is 3.24. The summed E-state index contributed by atoms with van der Waals surface area (Å²) in [6.07, 6.45) is 0. The predicted molar refractivity (Wildman–Crippen MR) is 51.6 cm³/mol. The van der Waals surface area contributed by atoms with Crippen LogP contribution in [-0.2, 0) is 0 Å². The number of hydrogen-bond donors (Lipinski definition) is 3. The lowest BCUT2D eigenvalue weighted by atomic mass is 10.3. The summed E-state index contributed by atoms with van der Waals surface area (Å²) < 4.78 is 17.7. The average Bonchev–Trinajstić information content (AvgIpc) is 2.20. The van der Waals surface area contributed by atoms with Gasteiger partial charge in [0.1, 0.15) is 0 Å². The molecule has 6 heteroatoms. The number of nitrogens with two attached hydrogens (primary N) is 2. The van der Waals surface area contributed by atoms with Crippen LogP contribution in [0.5, 0.6) is 5.75 Å². The van der Waals surface area contributed by atoms with Crippen LogP contribution >= 0.6 is 0 Å². The van der Waals surface area contributed by atoms with E-state index in [1.54, 1.807) is 0 Å².